The van der Waals surface area contributed by atoms with Crippen LogP contribution in [-0.4, -0.2) is 49.1 Å². The smallest absolute Gasteiger partial charge is 0.237 e. The lowest BCUT2D eigenvalue weighted by Crippen LogP contribution is -2.54. The summed E-state index contributed by atoms with van der Waals surface area (Å²) in [7, 11) is 0. The van der Waals surface area contributed by atoms with Crippen LogP contribution in [0.2, 0.25) is 0 Å². The van der Waals surface area contributed by atoms with Crippen LogP contribution in [0.4, 0.5) is 0 Å². The molecular weight excluding hydrogens is 238 g/mol. The van der Waals surface area contributed by atoms with Gasteiger partial charge in [0.25, 0.3) is 0 Å². The largest absolute Gasteiger partial charge is 0.352 e. The van der Waals surface area contributed by atoms with Crippen molar-refractivity contribution in [3.05, 3.63) is 0 Å². The molecule has 0 aromatic rings. The van der Waals surface area contributed by atoms with Gasteiger partial charge in [0.15, 0.2) is 0 Å². The first-order chi connectivity index (χ1) is 9.08. The molecule has 19 heavy (non-hydrogen) atoms. The Bertz CT molecular complexity index is 302. The summed E-state index contributed by atoms with van der Waals surface area (Å²) in [6.45, 7) is 10.6. The quantitative estimate of drug-likeness (QED) is 0.808. The van der Waals surface area contributed by atoms with Crippen LogP contribution in [0, 0.1) is 11.8 Å². The number of rotatable bonds is 3. The first kappa shape index (κ1) is 14.8. The van der Waals surface area contributed by atoms with E-state index in [0.717, 1.165) is 50.9 Å². The fourth-order valence-corrected chi connectivity index (χ4v) is 3.24. The first-order valence-corrected chi connectivity index (χ1v) is 7.83. The minimum Gasteiger partial charge on any atom is -0.352 e. The van der Waals surface area contributed by atoms with Crippen LogP contribution >= 0.6 is 0 Å². The molecule has 1 heterocycles. The van der Waals surface area contributed by atoms with Gasteiger partial charge in [0.2, 0.25) is 5.91 Å². The second-order valence-corrected chi connectivity index (χ2v) is 6.44. The van der Waals surface area contributed by atoms with E-state index < -0.39 is 0 Å². The van der Waals surface area contributed by atoms with Crippen LogP contribution in [0.3, 0.4) is 0 Å². The van der Waals surface area contributed by atoms with E-state index in [2.05, 4.69) is 29.4 Å². The molecule has 0 spiro atoms. The molecule has 4 atom stereocenters. The number of hydrogen-bond donors (Lipinski definition) is 2. The minimum atomic E-state index is 0.0109. The Morgan fingerprint density at radius 2 is 1.89 bits per heavy atom. The van der Waals surface area contributed by atoms with Crippen molar-refractivity contribution in [2.24, 2.45) is 11.8 Å². The average molecular weight is 267 g/mol. The van der Waals surface area contributed by atoms with Gasteiger partial charge >= 0.3 is 0 Å². The molecule has 0 radical (unpaired) electrons. The van der Waals surface area contributed by atoms with Crippen molar-refractivity contribution in [1.29, 1.82) is 0 Å². The molecule has 2 aliphatic rings. The Kier molecular flexibility index (Phi) is 5.22. The number of carbonyl (C=O) groups is 1. The molecule has 1 aliphatic heterocycles. The second-order valence-electron chi connectivity index (χ2n) is 6.44. The topological polar surface area (TPSA) is 44.4 Å². The Labute approximate surface area is 117 Å². The fraction of sp³-hybridized carbons (Fsp3) is 0.933. The maximum absolute atomic E-state index is 12.3. The predicted molar refractivity (Wildman–Crippen MR) is 78.0 cm³/mol. The van der Waals surface area contributed by atoms with Crippen molar-refractivity contribution in [2.75, 3.05) is 26.2 Å². The van der Waals surface area contributed by atoms with Gasteiger partial charge in [0.1, 0.15) is 0 Å². The minimum absolute atomic E-state index is 0.0109. The highest BCUT2D eigenvalue weighted by Crippen LogP contribution is 2.29. The monoisotopic (exact) mass is 267 g/mol. The number of piperazine rings is 1. The van der Waals surface area contributed by atoms with Crippen molar-refractivity contribution in [3.8, 4) is 0 Å². The molecule has 110 valence electrons. The molecule has 2 rings (SSSR count). The molecule has 1 aliphatic carbocycles. The van der Waals surface area contributed by atoms with Gasteiger partial charge < -0.3 is 10.6 Å². The number of carbonyl (C=O) groups excluding carboxylic acids is 1. The number of nitrogens with zero attached hydrogens (tertiary/aromatic N) is 1. The standard InChI is InChI=1S/C15H29N3O/c1-11-4-5-14(10-12(11)2)17-15(19)13(3)18-8-6-16-7-9-18/h11-14,16H,4-10H2,1-3H3,(H,17,19). The zero-order chi connectivity index (χ0) is 13.8. The van der Waals surface area contributed by atoms with E-state index in [9.17, 15) is 4.79 Å². The van der Waals surface area contributed by atoms with Gasteiger partial charge in [-0.2, -0.15) is 0 Å². The summed E-state index contributed by atoms with van der Waals surface area (Å²) in [5.41, 5.74) is 0. The first-order valence-electron chi connectivity index (χ1n) is 7.83. The van der Waals surface area contributed by atoms with E-state index in [4.69, 9.17) is 0 Å². The van der Waals surface area contributed by atoms with Gasteiger partial charge in [-0.25, -0.2) is 0 Å². The molecule has 4 nitrogen and oxygen atoms in total. The predicted octanol–water partition coefficient (Wildman–Crippen LogP) is 1.22. The summed E-state index contributed by atoms with van der Waals surface area (Å²) in [4.78, 5) is 14.6. The Morgan fingerprint density at radius 1 is 1.21 bits per heavy atom. The van der Waals surface area contributed by atoms with Crippen molar-refractivity contribution < 1.29 is 4.79 Å². The maximum Gasteiger partial charge on any atom is 0.237 e. The molecule has 0 aromatic heterocycles. The molecule has 4 unspecified atom stereocenters. The highest BCUT2D eigenvalue weighted by atomic mass is 16.2. The lowest BCUT2D eigenvalue weighted by Gasteiger charge is -2.35. The zero-order valence-corrected chi connectivity index (χ0v) is 12.6. The van der Waals surface area contributed by atoms with Crippen molar-refractivity contribution in [1.82, 2.24) is 15.5 Å². The van der Waals surface area contributed by atoms with Crippen LogP contribution < -0.4 is 10.6 Å². The number of amides is 1. The number of hydrogen-bond acceptors (Lipinski definition) is 3. The summed E-state index contributed by atoms with van der Waals surface area (Å²) < 4.78 is 0. The van der Waals surface area contributed by atoms with Crippen molar-refractivity contribution in [2.45, 2.75) is 52.1 Å². The molecule has 1 saturated carbocycles. The highest BCUT2D eigenvalue weighted by Gasteiger charge is 2.28. The van der Waals surface area contributed by atoms with Crippen LogP contribution in [0.5, 0.6) is 0 Å². The van der Waals surface area contributed by atoms with Gasteiger partial charge in [-0.05, 0) is 38.0 Å². The normalized spacial score (nSPS) is 34.8. The van der Waals surface area contributed by atoms with E-state index in [-0.39, 0.29) is 11.9 Å². The second kappa shape index (κ2) is 6.71. The van der Waals surface area contributed by atoms with E-state index in [1.165, 1.54) is 6.42 Å². The SMILES string of the molecule is CC1CCC(NC(=O)C(C)N2CCNCC2)CC1C. The van der Waals surface area contributed by atoms with Gasteiger partial charge in [0, 0.05) is 32.2 Å². The lowest BCUT2D eigenvalue weighted by molar-refractivity contribution is -0.127. The third-order valence-corrected chi connectivity index (χ3v) is 5.02. The van der Waals surface area contributed by atoms with Gasteiger partial charge in [0.05, 0.1) is 6.04 Å². The van der Waals surface area contributed by atoms with Crippen LogP contribution in [0.1, 0.15) is 40.0 Å². The summed E-state index contributed by atoms with van der Waals surface area (Å²) in [6, 6.07) is 0.404. The van der Waals surface area contributed by atoms with Gasteiger partial charge in [-0.3, -0.25) is 9.69 Å². The number of nitrogens with one attached hydrogen (secondary N) is 2. The van der Waals surface area contributed by atoms with Crippen LogP contribution in [0.15, 0.2) is 0 Å². The Balaban J connectivity index is 1.79. The van der Waals surface area contributed by atoms with Crippen molar-refractivity contribution in [3.63, 3.8) is 0 Å². The fourth-order valence-electron chi connectivity index (χ4n) is 3.24. The molecule has 4 heteroatoms. The summed E-state index contributed by atoms with van der Waals surface area (Å²) in [5.74, 6) is 1.75. The van der Waals surface area contributed by atoms with Crippen molar-refractivity contribution >= 4 is 5.91 Å². The molecule has 2 N–H and O–H groups in total. The van der Waals surface area contributed by atoms with Gasteiger partial charge in [-0.15, -0.1) is 0 Å². The lowest BCUT2D eigenvalue weighted by atomic mass is 9.79. The zero-order valence-electron chi connectivity index (χ0n) is 12.6. The Morgan fingerprint density at radius 3 is 2.53 bits per heavy atom. The average Bonchev–Trinajstić information content (AvgIpc) is 2.43. The van der Waals surface area contributed by atoms with Gasteiger partial charge in [-0.1, -0.05) is 13.8 Å². The molecule has 0 aromatic carbocycles. The Hall–Kier alpha value is -0.610. The molecule has 1 amide bonds. The molecular formula is C15H29N3O. The summed E-state index contributed by atoms with van der Waals surface area (Å²) in [6.07, 6.45) is 3.53. The third-order valence-electron chi connectivity index (χ3n) is 5.02. The molecule has 0 bridgehead atoms. The van der Waals surface area contributed by atoms with Crippen LogP contribution in [-0.2, 0) is 4.79 Å². The van der Waals surface area contributed by atoms with E-state index >= 15 is 0 Å². The third kappa shape index (κ3) is 3.93. The van der Waals surface area contributed by atoms with E-state index in [0.29, 0.717) is 6.04 Å². The van der Waals surface area contributed by atoms with Crippen LogP contribution in [0.25, 0.3) is 0 Å². The molecule has 1 saturated heterocycles. The van der Waals surface area contributed by atoms with E-state index in [1.54, 1.807) is 0 Å². The highest BCUT2D eigenvalue weighted by molar-refractivity contribution is 5.81. The summed E-state index contributed by atoms with van der Waals surface area (Å²) in [5, 5.41) is 6.59. The van der Waals surface area contributed by atoms with E-state index in [1.807, 2.05) is 6.92 Å². The molecule has 2 fully saturated rings. The summed E-state index contributed by atoms with van der Waals surface area (Å²) >= 11 is 0. The maximum atomic E-state index is 12.3.